The first-order valence-electron chi connectivity index (χ1n) is 9.68. The van der Waals surface area contributed by atoms with Crippen molar-refractivity contribution in [2.24, 2.45) is 0 Å². The summed E-state index contributed by atoms with van der Waals surface area (Å²) in [4.78, 5) is 28.5. The first-order chi connectivity index (χ1) is 13.6. The van der Waals surface area contributed by atoms with Gasteiger partial charge < -0.3 is 14.7 Å². The minimum atomic E-state index is -0.607. The number of amides is 1. The van der Waals surface area contributed by atoms with Crippen molar-refractivity contribution >= 4 is 28.8 Å². The molecule has 1 saturated carbocycles. The maximum atomic E-state index is 13.0. The van der Waals surface area contributed by atoms with Crippen LogP contribution >= 0.6 is 11.3 Å². The van der Waals surface area contributed by atoms with E-state index in [1.807, 2.05) is 24.4 Å². The number of benzene rings is 1. The van der Waals surface area contributed by atoms with Crippen LogP contribution in [0.1, 0.15) is 49.1 Å². The number of Topliss-reactive ketones (excluding diaryl/α,β-unsaturated/α-hetero) is 1. The predicted octanol–water partition coefficient (Wildman–Crippen LogP) is 4.51. The molecule has 1 N–H and O–H groups in total. The van der Waals surface area contributed by atoms with Crippen LogP contribution in [0.25, 0.3) is 5.76 Å². The monoisotopic (exact) mass is 397 g/mol. The standard InChI is InChI=1S/C22H23NO4S/c1-2-27-16-10-5-7-14(13-16)20(24)18-19(17-11-6-12-28-17)23(22(26)21(18)25)15-8-3-4-9-15/h5-7,10-13,15,19,24H,2-4,8-9H2,1H3/b20-18-. The van der Waals surface area contributed by atoms with Crippen LogP contribution < -0.4 is 4.74 Å². The summed E-state index contributed by atoms with van der Waals surface area (Å²) in [5.41, 5.74) is 0.657. The lowest BCUT2D eigenvalue weighted by atomic mass is 9.99. The topological polar surface area (TPSA) is 66.8 Å². The third-order valence-corrected chi connectivity index (χ3v) is 6.35. The Balaban J connectivity index is 1.83. The second kappa shape index (κ2) is 7.80. The lowest BCUT2D eigenvalue weighted by Gasteiger charge is -2.29. The quantitative estimate of drug-likeness (QED) is 0.458. The van der Waals surface area contributed by atoms with Crippen molar-refractivity contribution in [1.82, 2.24) is 4.90 Å². The first-order valence-corrected chi connectivity index (χ1v) is 10.6. The third kappa shape index (κ3) is 3.22. The summed E-state index contributed by atoms with van der Waals surface area (Å²) in [7, 11) is 0. The van der Waals surface area contributed by atoms with E-state index < -0.39 is 17.7 Å². The molecule has 0 spiro atoms. The number of carbonyl (C=O) groups excluding carboxylic acids is 2. The van der Waals surface area contributed by atoms with E-state index >= 15 is 0 Å². The van der Waals surface area contributed by atoms with Gasteiger partial charge in [-0.05, 0) is 43.3 Å². The SMILES string of the molecule is CCOc1cccc(/C(O)=C2/C(=O)C(=O)N(C3CCCC3)C2c2cccs2)c1. The van der Waals surface area contributed by atoms with Gasteiger partial charge in [0.15, 0.2) is 0 Å². The molecule has 5 nitrogen and oxygen atoms in total. The molecule has 0 bridgehead atoms. The molecular weight excluding hydrogens is 374 g/mol. The summed E-state index contributed by atoms with van der Waals surface area (Å²) in [6, 6.07) is 10.3. The van der Waals surface area contributed by atoms with Crippen molar-refractivity contribution in [1.29, 1.82) is 0 Å². The van der Waals surface area contributed by atoms with Crippen LogP contribution in [0.5, 0.6) is 5.75 Å². The fraction of sp³-hybridized carbons (Fsp3) is 0.364. The molecule has 1 aromatic carbocycles. The lowest BCUT2D eigenvalue weighted by molar-refractivity contribution is -0.141. The summed E-state index contributed by atoms with van der Waals surface area (Å²) in [6.07, 6.45) is 3.91. The predicted molar refractivity (Wildman–Crippen MR) is 108 cm³/mol. The van der Waals surface area contributed by atoms with Crippen LogP contribution in [0, 0.1) is 0 Å². The number of aliphatic hydroxyl groups is 1. The number of rotatable bonds is 5. The number of aliphatic hydroxyl groups excluding tert-OH is 1. The molecule has 28 heavy (non-hydrogen) atoms. The third-order valence-electron chi connectivity index (χ3n) is 5.43. The maximum absolute atomic E-state index is 13.0. The Kier molecular flexibility index (Phi) is 5.22. The van der Waals surface area contributed by atoms with Crippen molar-refractivity contribution < 1.29 is 19.4 Å². The zero-order chi connectivity index (χ0) is 19.7. The van der Waals surface area contributed by atoms with E-state index in [1.165, 1.54) is 11.3 Å². The van der Waals surface area contributed by atoms with E-state index in [-0.39, 0.29) is 17.4 Å². The average Bonchev–Trinajstić information content (AvgIpc) is 3.44. The maximum Gasteiger partial charge on any atom is 0.295 e. The number of nitrogens with zero attached hydrogens (tertiary/aromatic N) is 1. The van der Waals surface area contributed by atoms with Gasteiger partial charge in [-0.25, -0.2) is 0 Å². The highest BCUT2D eigenvalue weighted by atomic mass is 32.1. The molecule has 6 heteroatoms. The van der Waals surface area contributed by atoms with Gasteiger partial charge in [-0.3, -0.25) is 9.59 Å². The van der Waals surface area contributed by atoms with E-state index in [1.54, 1.807) is 29.2 Å². The molecule has 146 valence electrons. The van der Waals surface area contributed by atoms with Gasteiger partial charge >= 0.3 is 0 Å². The Morgan fingerprint density at radius 2 is 2.00 bits per heavy atom. The van der Waals surface area contributed by atoms with Crippen LogP contribution in [0.2, 0.25) is 0 Å². The summed E-state index contributed by atoms with van der Waals surface area (Å²) in [5.74, 6) is -0.638. The summed E-state index contributed by atoms with van der Waals surface area (Å²) >= 11 is 1.50. The Morgan fingerprint density at radius 3 is 2.68 bits per heavy atom. The van der Waals surface area contributed by atoms with Crippen LogP contribution in [0.4, 0.5) is 0 Å². The van der Waals surface area contributed by atoms with Gasteiger partial charge in [-0.2, -0.15) is 0 Å². The van der Waals surface area contributed by atoms with Crippen LogP contribution in [0.3, 0.4) is 0 Å². The minimum absolute atomic E-state index is 0.0450. The zero-order valence-corrected chi connectivity index (χ0v) is 16.6. The highest BCUT2D eigenvalue weighted by Gasteiger charge is 2.49. The molecular formula is C22H23NO4S. The normalized spacial score (nSPS) is 22.2. The Hall–Kier alpha value is -2.60. The van der Waals surface area contributed by atoms with Crippen LogP contribution in [-0.4, -0.2) is 34.3 Å². The zero-order valence-electron chi connectivity index (χ0n) is 15.8. The fourth-order valence-corrected chi connectivity index (χ4v) is 5.02. The molecule has 1 saturated heterocycles. The number of ketones is 1. The molecule has 2 fully saturated rings. The van der Waals surface area contributed by atoms with Crippen molar-refractivity contribution in [3.63, 3.8) is 0 Å². The van der Waals surface area contributed by atoms with Gasteiger partial charge in [0.2, 0.25) is 0 Å². The molecule has 4 rings (SSSR count). The van der Waals surface area contributed by atoms with Gasteiger partial charge in [0.25, 0.3) is 11.7 Å². The summed E-state index contributed by atoms with van der Waals surface area (Å²) in [5, 5.41) is 13.0. The van der Waals surface area contributed by atoms with Crippen molar-refractivity contribution in [3.8, 4) is 5.75 Å². The molecule has 1 aromatic heterocycles. The average molecular weight is 397 g/mol. The number of hydrogen-bond acceptors (Lipinski definition) is 5. The molecule has 2 aliphatic rings. The molecule has 2 aromatic rings. The van der Waals surface area contributed by atoms with E-state index in [4.69, 9.17) is 4.74 Å². The van der Waals surface area contributed by atoms with E-state index in [2.05, 4.69) is 0 Å². The van der Waals surface area contributed by atoms with Gasteiger partial charge in [0.05, 0.1) is 18.2 Å². The lowest BCUT2D eigenvalue weighted by Crippen LogP contribution is -2.37. The van der Waals surface area contributed by atoms with Crippen molar-refractivity contribution in [2.75, 3.05) is 6.61 Å². The number of hydrogen-bond donors (Lipinski definition) is 1. The highest BCUT2D eigenvalue weighted by molar-refractivity contribution is 7.10. The number of ether oxygens (including phenoxy) is 1. The minimum Gasteiger partial charge on any atom is -0.507 e. The second-order valence-electron chi connectivity index (χ2n) is 7.12. The number of thiophene rings is 1. The van der Waals surface area contributed by atoms with Gasteiger partial charge in [0, 0.05) is 16.5 Å². The molecule has 0 radical (unpaired) electrons. The Morgan fingerprint density at radius 1 is 1.21 bits per heavy atom. The fourth-order valence-electron chi connectivity index (χ4n) is 4.19. The highest BCUT2D eigenvalue weighted by Crippen LogP contribution is 2.44. The van der Waals surface area contributed by atoms with Gasteiger partial charge in [-0.15, -0.1) is 11.3 Å². The second-order valence-corrected chi connectivity index (χ2v) is 8.10. The van der Waals surface area contributed by atoms with Gasteiger partial charge in [0.1, 0.15) is 11.5 Å². The number of carbonyl (C=O) groups is 2. The first kappa shape index (κ1) is 18.7. The van der Waals surface area contributed by atoms with E-state index in [0.29, 0.717) is 17.9 Å². The van der Waals surface area contributed by atoms with E-state index in [0.717, 1.165) is 30.6 Å². The van der Waals surface area contributed by atoms with E-state index in [9.17, 15) is 14.7 Å². The van der Waals surface area contributed by atoms with Crippen molar-refractivity contribution in [3.05, 3.63) is 57.8 Å². The molecule has 1 atom stereocenters. The van der Waals surface area contributed by atoms with Crippen LogP contribution in [0.15, 0.2) is 47.4 Å². The molecule has 1 amide bonds. The molecule has 1 aliphatic carbocycles. The largest absolute Gasteiger partial charge is 0.507 e. The molecule has 1 aliphatic heterocycles. The Labute approximate surface area is 168 Å². The smallest absolute Gasteiger partial charge is 0.295 e. The van der Waals surface area contributed by atoms with Crippen LogP contribution in [-0.2, 0) is 9.59 Å². The molecule has 1 unspecified atom stereocenters. The Bertz CT molecular complexity index is 912. The van der Waals surface area contributed by atoms with Gasteiger partial charge in [-0.1, -0.05) is 31.0 Å². The summed E-state index contributed by atoms with van der Waals surface area (Å²) < 4.78 is 5.51. The molecule has 2 heterocycles. The summed E-state index contributed by atoms with van der Waals surface area (Å²) in [6.45, 7) is 2.39. The number of likely N-dealkylation sites (tertiary alicyclic amines) is 1. The van der Waals surface area contributed by atoms with Crippen molar-refractivity contribution in [2.45, 2.75) is 44.7 Å².